The number of nitriles is 1. The van der Waals surface area contributed by atoms with Gasteiger partial charge in [-0.2, -0.15) is 5.26 Å². The van der Waals surface area contributed by atoms with E-state index in [9.17, 15) is 4.79 Å². The number of rotatable bonds is 1. The lowest BCUT2D eigenvalue weighted by Crippen LogP contribution is -1.81. The predicted octanol–water partition coefficient (Wildman–Crippen LogP) is 1.08. The molecule has 1 rings (SSSR count). The Morgan fingerprint density at radius 2 is 2.18 bits per heavy atom. The zero-order valence-corrected chi connectivity index (χ0v) is 5.61. The highest BCUT2D eigenvalue weighted by Crippen LogP contribution is 2.13. The number of aldehydes is 1. The Balaban J connectivity index is 3.25. The maximum absolute atomic E-state index is 10.2. The summed E-state index contributed by atoms with van der Waals surface area (Å²) >= 11 is 0. The van der Waals surface area contributed by atoms with Gasteiger partial charge in [-0.1, -0.05) is 0 Å². The molecule has 0 saturated heterocycles. The van der Waals surface area contributed by atoms with Crippen LogP contribution in [0.5, 0.6) is 5.75 Å². The van der Waals surface area contributed by atoms with Crippen molar-refractivity contribution in [2.24, 2.45) is 0 Å². The molecule has 1 N–H and O–H groups in total. The van der Waals surface area contributed by atoms with Crippen LogP contribution in [0.3, 0.4) is 0 Å². The molecule has 11 heavy (non-hydrogen) atoms. The summed E-state index contributed by atoms with van der Waals surface area (Å²) in [7, 11) is 0. The summed E-state index contributed by atoms with van der Waals surface area (Å²) in [5.74, 6) is -0.0637. The van der Waals surface area contributed by atoms with Crippen LogP contribution in [0.2, 0.25) is 0 Å². The molecule has 0 aliphatic heterocycles. The molecular weight excluding hydrogens is 142 g/mol. The summed E-state index contributed by atoms with van der Waals surface area (Å²) in [6, 6.07) is 5.83. The minimum atomic E-state index is -0.0637. The molecule has 0 atom stereocenters. The fourth-order valence-electron chi connectivity index (χ4n) is 0.767. The van der Waals surface area contributed by atoms with E-state index in [4.69, 9.17) is 10.4 Å². The Morgan fingerprint density at radius 1 is 1.45 bits per heavy atom. The van der Waals surface area contributed by atoms with Crippen LogP contribution in [0.25, 0.3) is 0 Å². The standard InChI is InChI=1S/C8H5NO2/c9-4-6-1-7(5-10)3-8(11)2-6/h1-3,5,11H. The highest BCUT2D eigenvalue weighted by molar-refractivity contribution is 5.76. The Bertz CT molecular complexity index is 325. The zero-order valence-electron chi connectivity index (χ0n) is 5.61. The minimum Gasteiger partial charge on any atom is -0.508 e. The van der Waals surface area contributed by atoms with Crippen LogP contribution in [0.1, 0.15) is 15.9 Å². The van der Waals surface area contributed by atoms with Gasteiger partial charge in [0.2, 0.25) is 0 Å². The zero-order chi connectivity index (χ0) is 8.27. The molecule has 0 radical (unpaired) electrons. The largest absolute Gasteiger partial charge is 0.508 e. The van der Waals surface area contributed by atoms with Crippen LogP contribution in [0, 0.1) is 11.3 Å². The number of hydrogen-bond donors (Lipinski definition) is 1. The highest BCUT2D eigenvalue weighted by atomic mass is 16.3. The quantitative estimate of drug-likeness (QED) is 0.604. The maximum Gasteiger partial charge on any atom is 0.150 e. The van der Waals surface area contributed by atoms with Crippen molar-refractivity contribution in [3.05, 3.63) is 29.3 Å². The molecular formula is C8H5NO2. The lowest BCUT2D eigenvalue weighted by Gasteiger charge is -1.93. The molecule has 0 aliphatic carbocycles. The van der Waals surface area contributed by atoms with Crippen molar-refractivity contribution in [3.63, 3.8) is 0 Å². The van der Waals surface area contributed by atoms with Gasteiger partial charge in [-0.25, -0.2) is 0 Å². The molecule has 0 fully saturated rings. The first kappa shape index (κ1) is 7.29. The lowest BCUT2D eigenvalue weighted by molar-refractivity contribution is 0.112. The molecule has 0 aliphatic rings. The van der Waals surface area contributed by atoms with E-state index in [1.54, 1.807) is 0 Å². The Hall–Kier alpha value is -1.82. The third-order valence-electron chi connectivity index (χ3n) is 1.21. The van der Waals surface area contributed by atoms with E-state index in [0.29, 0.717) is 11.8 Å². The minimum absolute atomic E-state index is 0.0637. The second-order valence-electron chi connectivity index (χ2n) is 2.04. The van der Waals surface area contributed by atoms with Gasteiger partial charge in [0.05, 0.1) is 11.6 Å². The molecule has 3 heteroatoms. The van der Waals surface area contributed by atoms with Crippen molar-refractivity contribution in [2.45, 2.75) is 0 Å². The summed E-state index contributed by atoms with van der Waals surface area (Å²) in [6.45, 7) is 0. The van der Waals surface area contributed by atoms with Gasteiger partial charge in [0, 0.05) is 5.56 Å². The molecule has 0 amide bonds. The molecule has 54 valence electrons. The van der Waals surface area contributed by atoms with E-state index in [0.717, 1.165) is 0 Å². The predicted molar refractivity (Wildman–Crippen MR) is 38.2 cm³/mol. The Morgan fingerprint density at radius 3 is 2.73 bits per heavy atom. The van der Waals surface area contributed by atoms with E-state index in [2.05, 4.69) is 0 Å². The topological polar surface area (TPSA) is 61.1 Å². The third-order valence-corrected chi connectivity index (χ3v) is 1.21. The Labute approximate surface area is 63.5 Å². The van der Waals surface area contributed by atoms with E-state index in [1.807, 2.05) is 6.07 Å². The van der Waals surface area contributed by atoms with Crippen LogP contribution >= 0.6 is 0 Å². The number of hydrogen-bond acceptors (Lipinski definition) is 3. The molecule has 0 spiro atoms. The summed E-state index contributed by atoms with van der Waals surface area (Å²) in [6.07, 6.45) is 0.584. The fourth-order valence-corrected chi connectivity index (χ4v) is 0.767. The summed E-state index contributed by atoms with van der Waals surface area (Å²) in [5, 5.41) is 17.4. The molecule has 0 aromatic heterocycles. The molecule has 0 unspecified atom stereocenters. The van der Waals surface area contributed by atoms with Crippen LogP contribution < -0.4 is 0 Å². The first-order chi connectivity index (χ1) is 5.26. The number of nitrogens with zero attached hydrogens (tertiary/aromatic N) is 1. The Kier molecular flexibility index (Phi) is 1.88. The van der Waals surface area contributed by atoms with Gasteiger partial charge in [0.15, 0.2) is 0 Å². The van der Waals surface area contributed by atoms with Gasteiger partial charge >= 0.3 is 0 Å². The molecule has 3 nitrogen and oxygen atoms in total. The van der Waals surface area contributed by atoms with Gasteiger partial charge < -0.3 is 5.11 Å². The van der Waals surface area contributed by atoms with Crippen LogP contribution in [-0.4, -0.2) is 11.4 Å². The fraction of sp³-hybridized carbons (Fsp3) is 0. The van der Waals surface area contributed by atoms with E-state index < -0.39 is 0 Å². The molecule has 0 heterocycles. The average Bonchev–Trinajstić information content (AvgIpc) is 2.03. The first-order valence-electron chi connectivity index (χ1n) is 2.95. The monoisotopic (exact) mass is 147 g/mol. The van der Waals surface area contributed by atoms with Crippen molar-refractivity contribution in [3.8, 4) is 11.8 Å². The van der Waals surface area contributed by atoms with Gasteiger partial charge in [-0.05, 0) is 18.2 Å². The lowest BCUT2D eigenvalue weighted by atomic mass is 10.1. The first-order valence-corrected chi connectivity index (χ1v) is 2.95. The number of aromatic hydroxyl groups is 1. The van der Waals surface area contributed by atoms with Crippen molar-refractivity contribution < 1.29 is 9.90 Å². The maximum atomic E-state index is 10.2. The molecule has 0 saturated carbocycles. The summed E-state index contributed by atoms with van der Waals surface area (Å²) < 4.78 is 0. The van der Waals surface area contributed by atoms with Crippen molar-refractivity contribution in [1.29, 1.82) is 5.26 Å². The second kappa shape index (κ2) is 2.84. The second-order valence-corrected chi connectivity index (χ2v) is 2.04. The highest BCUT2D eigenvalue weighted by Gasteiger charge is 1.96. The van der Waals surface area contributed by atoms with Gasteiger partial charge in [0.1, 0.15) is 12.0 Å². The van der Waals surface area contributed by atoms with Crippen LogP contribution in [0.4, 0.5) is 0 Å². The number of carbonyl (C=O) groups excluding carboxylic acids is 1. The summed E-state index contributed by atoms with van der Waals surface area (Å²) in [5.41, 5.74) is 0.591. The molecule has 1 aromatic rings. The van der Waals surface area contributed by atoms with Gasteiger partial charge in [-0.15, -0.1) is 0 Å². The normalized spacial score (nSPS) is 8.64. The van der Waals surface area contributed by atoms with Crippen LogP contribution in [0.15, 0.2) is 18.2 Å². The van der Waals surface area contributed by atoms with Gasteiger partial charge in [-0.3, -0.25) is 4.79 Å². The summed E-state index contributed by atoms with van der Waals surface area (Å²) in [4.78, 5) is 10.2. The van der Waals surface area contributed by atoms with E-state index >= 15 is 0 Å². The van der Waals surface area contributed by atoms with Crippen molar-refractivity contribution in [1.82, 2.24) is 0 Å². The smallest absolute Gasteiger partial charge is 0.150 e. The van der Waals surface area contributed by atoms with E-state index in [-0.39, 0.29) is 11.3 Å². The third kappa shape index (κ3) is 1.55. The molecule has 0 bridgehead atoms. The van der Waals surface area contributed by atoms with Crippen molar-refractivity contribution >= 4 is 6.29 Å². The molecule has 1 aromatic carbocycles. The van der Waals surface area contributed by atoms with Crippen molar-refractivity contribution in [2.75, 3.05) is 0 Å². The number of phenols is 1. The van der Waals surface area contributed by atoms with Gasteiger partial charge in [0.25, 0.3) is 0 Å². The van der Waals surface area contributed by atoms with E-state index in [1.165, 1.54) is 18.2 Å². The number of carbonyl (C=O) groups is 1. The van der Waals surface area contributed by atoms with Crippen LogP contribution in [-0.2, 0) is 0 Å². The number of phenolic OH excluding ortho intramolecular Hbond substituents is 1. The SMILES string of the molecule is N#Cc1cc(O)cc(C=O)c1. The average molecular weight is 147 g/mol. The number of benzene rings is 1.